The number of amides is 1. The number of carbonyl (C=O) groups excluding carboxylic acids is 1. The highest BCUT2D eigenvalue weighted by atomic mass is 32.2. The number of hydrogen-bond donors (Lipinski definition) is 1. The van der Waals surface area contributed by atoms with Crippen LogP contribution in [0.4, 0.5) is 11.4 Å². The number of hydrogen-bond acceptors (Lipinski definition) is 8. The number of carbonyl (C=O) groups is 1. The molecule has 1 aliphatic rings. The number of benzene rings is 2. The second-order valence-electron chi connectivity index (χ2n) is 5.73. The zero-order chi connectivity index (χ0) is 20.1. The third kappa shape index (κ3) is 4.76. The summed E-state index contributed by atoms with van der Waals surface area (Å²) in [5.41, 5.74) is 1.25. The van der Waals surface area contributed by atoms with Gasteiger partial charge in [0.15, 0.2) is 5.17 Å². The molecule has 1 aliphatic heterocycles. The van der Waals surface area contributed by atoms with Gasteiger partial charge in [-0.2, -0.15) is 5.10 Å². The van der Waals surface area contributed by atoms with Crippen LogP contribution in [-0.2, 0) is 11.2 Å². The first-order valence-electron chi connectivity index (χ1n) is 7.99. The quantitative estimate of drug-likeness (QED) is 0.450. The standard InChI is InChI=1S/C17H13N5O5S/c23-16-15(9-12-2-1-3-14(8-12)22(26)27)28-17(19-16)20-18-10-11-4-6-13(7-5-11)21(24)25/h1-8,10,15H,9H2,(H,19,20,23)/b18-10-/t15-/m1/s1. The summed E-state index contributed by atoms with van der Waals surface area (Å²) in [7, 11) is 0. The van der Waals surface area contributed by atoms with Crippen LogP contribution in [0.5, 0.6) is 0 Å². The summed E-state index contributed by atoms with van der Waals surface area (Å²) in [6, 6.07) is 11.9. The van der Waals surface area contributed by atoms with Gasteiger partial charge in [-0.05, 0) is 29.7 Å². The van der Waals surface area contributed by atoms with Gasteiger partial charge in [0.2, 0.25) is 5.91 Å². The number of nitrogens with one attached hydrogen (secondary N) is 1. The first-order chi connectivity index (χ1) is 13.4. The summed E-state index contributed by atoms with van der Waals surface area (Å²) < 4.78 is 0. The predicted octanol–water partition coefficient (Wildman–Crippen LogP) is 2.67. The van der Waals surface area contributed by atoms with Gasteiger partial charge in [-0.1, -0.05) is 23.9 Å². The Morgan fingerprint density at radius 3 is 2.46 bits per heavy atom. The average Bonchev–Trinajstić information content (AvgIpc) is 3.01. The molecule has 11 heteroatoms. The van der Waals surface area contributed by atoms with Gasteiger partial charge in [0.25, 0.3) is 11.4 Å². The van der Waals surface area contributed by atoms with Gasteiger partial charge >= 0.3 is 0 Å². The molecule has 2 aromatic carbocycles. The highest BCUT2D eigenvalue weighted by Gasteiger charge is 2.30. The summed E-state index contributed by atoms with van der Waals surface area (Å²) >= 11 is 1.19. The normalized spacial score (nSPS) is 17.8. The lowest BCUT2D eigenvalue weighted by Crippen LogP contribution is -2.25. The van der Waals surface area contributed by atoms with E-state index in [4.69, 9.17) is 0 Å². The van der Waals surface area contributed by atoms with Gasteiger partial charge in [-0.25, -0.2) is 0 Å². The molecule has 0 radical (unpaired) electrons. The molecule has 1 N–H and O–H groups in total. The molecule has 0 spiro atoms. The van der Waals surface area contributed by atoms with E-state index >= 15 is 0 Å². The smallest absolute Gasteiger partial charge is 0.269 e. The van der Waals surface area contributed by atoms with Crippen LogP contribution < -0.4 is 5.32 Å². The van der Waals surface area contributed by atoms with Crippen LogP contribution >= 0.6 is 11.8 Å². The Balaban J connectivity index is 1.62. The molecular formula is C17H13N5O5S. The van der Waals surface area contributed by atoms with Crippen molar-refractivity contribution >= 4 is 40.4 Å². The third-order valence-corrected chi connectivity index (χ3v) is 4.85. The van der Waals surface area contributed by atoms with Crippen molar-refractivity contribution in [3.8, 4) is 0 Å². The van der Waals surface area contributed by atoms with Crippen LogP contribution in [0.25, 0.3) is 0 Å². The molecule has 10 nitrogen and oxygen atoms in total. The average molecular weight is 399 g/mol. The highest BCUT2D eigenvalue weighted by Crippen LogP contribution is 2.25. The molecule has 1 fully saturated rings. The zero-order valence-corrected chi connectivity index (χ0v) is 15.0. The lowest BCUT2D eigenvalue weighted by molar-refractivity contribution is -0.385. The molecule has 0 unspecified atom stereocenters. The zero-order valence-electron chi connectivity index (χ0n) is 14.2. The molecule has 1 saturated heterocycles. The minimum atomic E-state index is -0.493. The largest absolute Gasteiger partial charge is 0.303 e. The fourth-order valence-electron chi connectivity index (χ4n) is 2.43. The Labute approximate surface area is 162 Å². The maximum absolute atomic E-state index is 12.1. The number of rotatable bonds is 6. The van der Waals surface area contributed by atoms with E-state index < -0.39 is 15.1 Å². The fraction of sp³-hybridized carbons (Fsp3) is 0.118. The first kappa shape index (κ1) is 19.2. The van der Waals surface area contributed by atoms with Crippen LogP contribution in [0.1, 0.15) is 11.1 Å². The van der Waals surface area contributed by atoms with Crippen molar-refractivity contribution in [2.24, 2.45) is 10.2 Å². The van der Waals surface area contributed by atoms with E-state index in [0.29, 0.717) is 22.7 Å². The van der Waals surface area contributed by atoms with Gasteiger partial charge < -0.3 is 5.32 Å². The molecule has 2 aromatic rings. The molecule has 1 amide bonds. The van der Waals surface area contributed by atoms with Crippen molar-refractivity contribution in [2.45, 2.75) is 11.7 Å². The molecule has 28 heavy (non-hydrogen) atoms. The summed E-state index contributed by atoms with van der Waals surface area (Å²) in [5.74, 6) is -0.249. The van der Waals surface area contributed by atoms with E-state index in [0.717, 1.165) is 0 Å². The van der Waals surface area contributed by atoms with E-state index in [-0.39, 0.29) is 17.3 Å². The van der Waals surface area contributed by atoms with Gasteiger partial charge in [0, 0.05) is 24.3 Å². The minimum absolute atomic E-state index is 0.0222. The van der Waals surface area contributed by atoms with Gasteiger partial charge in [0.1, 0.15) is 0 Å². The molecule has 142 valence electrons. The summed E-state index contributed by atoms with van der Waals surface area (Å²) in [6.45, 7) is 0. The van der Waals surface area contributed by atoms with Crippen molar-refractivity contribution in [2.75, 3.05) is 0 Å². The highest BCUT2D eigenvalue weighted by molar-refractivity contribution is 8.15. The second kappa shape index (κ2) is 8.39. The maximum atomic E-state index is 12.1. The van der Waals surface area contributed by atoms with Crippen LogP contribution in [0.3, 0.4) is 0 Å². The van der Waals surface area contributed by atoms with Crippen molar-refractivity contribution in [3.05, 3.63) is 79.9 Å². The number of amidine groups is 1. The summed E-state index contributed by atoms with van der Waals surface area (Å²) in [6.07, 6.45) is 1.74. The monoisotopic (exact) mass is 399 g/mol. The van der Waals surface area contributed by atoms with E-state index in [1.54, 1.807) is 12.1 Å². The molecule has 1 heterocycles. The Hall–Kier alpha value is -3.60. The Kier molecular flexibility index (Phi) is 5.75. The molecule has 1 atom stereocenters. The molecule has 0 aromatic heterocycles. The van der Waals surface area contributed by atoms with Crippen LogP contribution in [0.15, 0.2) is 58.7 Å². The summed E-state index contributed by atoms with van der Waals surface area (Å²) in [4.78, 5) is 32.6. The van der Waals surface area contributed by atoms with E-state index in [2.05, 4.69) is 15.5 Å². The number of nitrogens with zero attached hydrogens (tertiary/aromatic N) is 4. The van der Waals surface area contributed by atoms with E-state index in [1.165, 1.54) is 54.4 Å². The number of non-ortho nitro benzene ring substituents is 2. The Morgan fingerprint density at radius 2 is 1.79 bits per heavy atom. The van der Waals surface area contributed by atoms with Crippen LogP contribution in [0.2, 0.25) is 0 Å². The lowest BCUT2D eigenvalue weighted by Gasteiger charge is -2.04. The SMILES string of the molecule is O=C1N/C(=N\N=C/c2ccc([N+](=O)[O-])cc2)S[C@@H]1Cc1cccc([N+](=O)[O-])c1. The van der Waals surface area contributed by atoms with E-state index in [1.807, 2.05) is 0 Å². The van der Waals surface area contributed by atoms with E-state index in [9.17, 15) is 25.0 Å². The van der Waals surface area contributed by atoms with Crippen molar-refractivity contribution < 1.29 is 14.6 Å². The number of nitro benzene ring substituents is 2. The van der Waals surface area contributed by atoms with Crippen molar-refractivity contribution in [3.63, 3.8) is 0 Å². The molecule has 0 bridgehead atoms. The van der Waals surface area contributed by atoms with Crippen LogP contribution in [0, 0.1) is 20.2 Å². The maximum Gasteiger partial charge on any atom is 0.269 e. The van der Waals surface area contributed by atoms with Crippen molar-refractivity contribution in [1.82, 2.24) is 5.32 Å². The Morgan fingerprint density at radius 1 is 1.07 bits per heavy atom. The molecule has 3 rings (SSSR count). The van der Waals surface area contributed by atoms with Gasteiger partial charge in [-0.3, -0.25) is 25.0 Å². The summed E-state index contributed by atoms with van der Waals surface area (Å²) in [5, 5.41) is 31.7. The third-order valence-electron chi connectivity index (χ3n) is 3.78. The lowest BCUT2D eigenvalue weighted by atomic mass is 10.1. The first-order valence-corrected chi connectivity index (χ1v) is 8.86. The Bertz CT molecular complexity index is 990. The molecule has 0 saturated carbocycles. The van der Waals surface area contributed by atoms with Gasteiger partial charge in [-0.15, -0.1) is 5.10 Å². The number of thioether (sulfide) groups is 1. The predicted molar refractivity (Wildman–Crippen MR) is 104 cm³/mol. The molecule has 0 aliphatic carbocycles. The van der Waals surface area contributed by atoms with Gasteiger partial charge in [0.05, 0.1) is 21.3 Å². The van der Waals surface area contributed by atoms with Crippen LogP contribution in [-0.4, -0.2) is 32.4 Å². The fourth-order valence-corrected chi connectivity index (χ4v) is 3.39. The topological polar surface area (TPSA) is 140 Å². The number of nitro groups is 2. The second-order valence-corrected chi connectivity index (χ2v) is 6.92. The molecular weight excluding hydrogens is 386 g/mol. The van der Waals surface area contributed by atoms with Crippen molar-refractivity contribution in [1.29, 1.82) is 0 Å². The minimum Gasteiger partial charge on any atom is -0.303 e.